The van der Waals surface area contributed by atoms with Gasteiger partial charge < -0.3 is 25.0 Å². The van der Waals surface area contributed by atoms with E-state index in [1.54, 1.807) is 37.3 Å². The molecular formula is C36H46N3O7PS2. The molecule has 13 heteroatoms. The minimum atomic E-state index is -3.77. The molecule has 0 spiro atoms. The molecule has 3 unspecified atom stereocenters. The van der Waals surface area contributed by atoms with Crippen LogP contribution in [0.2, 0.25) is 0 Å². The van der Waals surface area contributed by atoms with Crippen LogP contribution in [0.3, 0.4) is 0 Å². The standard InChI is InChI=1S/C36H46N3O7PS2/c1-6-9-20-36(7-2)24-39(27-18-14-11-15-19-27)28-21-30(48-5)29(22-31(28)49(43,44)25-36)45-23-32(40)37-33(26-16-12-10-13-17-26)34(41)38-35(4,47-42)46-8-3/h10-19,21-22,33H,6-9,20,23-25H2,1-5H3,(H,37,40)(H,38,41). The summed E-state index contributed by atoms with van der Waals surface area (Å²) in [5.41, 5.74) is 0.0350. The summed E-state index contributed by atoms with van der Waals surface area (Å²) in [6, 6.07) is 20.7. The van der Waals surface area contributed by atoms with Gasteiger partial charge >= 0.3 is 0 Å². The Kier molecular flexibility index (Phi) is 13.3. The predicted octanol–water partition coefficient (Wildman–Crippen LogP) is 7.27. The SMILES string of the molecule is CCCCC1(CC)CN(c2ccccc2)c2cc(SC)c(OCC(=O)NC(C(=O)NC(C)(OCC)P=O)c3ccccc3)cc2S(=O)(=O)C1. The minimum Gasteiger partial charge on any atom is -0.483 e. The second kappa shape index (κ2) is 17.0. The lowest BCUT2D eigenvalue weighted by Crippen LogP contribution is -2.49. The van der Waals surface area contributed by atoms with Gasteiger partial charge in [-0.05, 0) is 56.7 Å². The Balaban J connectivity index is 1.66. The fraction of sp³-hybridized carbons (Fsp3) is 0.444. The van der Waals surface area contributed by atoms with E-state index in [1.807, 2.05) is 42.7 Å². The van der Waals surface area contributed by atoms with Crippen molar-refractivity contribution < 1.29 is 32.0 Å². The second-order valence-electron chi connectivity index (χ2n) is 12.3. The molecule has 264 valence electrons. The molecule has 0 radical (unpaired) electrons. The fourth-order valence-corrected chi connectivity index (χ4v) is 9.16. The van der Waals surface area contributed by atoms with Crippen molar-refractivity contribution in [1.82, 2.24) is 10.6 Å². The van der Waals surface area contributed by atoms with Gasteiger partial charge in [-0.2, -0.15) is 0 Å². The van der Waals surface area contributed by atoms with Crippen molar-refractivity contribution in [2.45, 2.75) is 74.7 Å². The van der Waals surface area contributed by atoms with E-state index < -0.39 is 53.6 Å². The van der Waals surface area contributed by atoms with E-state index in [1.165, 1.54) is 24.8 Å². The third-order valence-corrected chi connectivity index (χ3v) is 12.1. The van der Waals surface area contributed by atoms with Crippen LogP contribution in [0.1, 0.15) is 65.0 Å². The number of amides is 2. The first-order valence-electron chi connectivity index (χ1n) is 16.5. The number of sulfone groups is 1. The predicted molar refractivity (Wildman–Crippen MR) is 195 cm³/mol. The van der Waals surface area contributed by atoms with Gasteiger partial charge in [0.25, 0.3) is 5.91 Å². The van der Waals surface area contributed by atoms with Gasteiger partial charge in [0.2, 0.25) is 19.8 Å². The van der Waals surface area contributed by atoms with Gasteiger partial charge in [-0.15, -0.1) is 11.8 Å². The number of anilines is 2. The van der Waals surface area contributed by atoms with E-state index in [0.29, 0.717) is 29.1 Å². The maximum absolute atomic E-state index is 14.2. The van der Waals surface area contributed by atoms with Gasteiger partial charge in [0, 0.05) is 30.3 Å². The molecule has 0 saturated heterocycles. The Morgan fingerprint density at radius 3 is 2.33 bits per heavy atom. The first-order valence-corrected chi connectivity index (χ1v) is 20.2. The minimum absolute atomic E-state index is 0.00267. The summed E-state index contributed by atoms with van der Waals surface area (Å²) < 4.78 is 51.8. The number of ether oxygens (including phenoxy) is 2. The molecule has 1 aliphatic heterocycles. The number of hydrogen-bond acceptors (Lipinski definition) is 9. The molecule has 0 bridgehead atoms. The Bertz CT molecular complexity index is 1710. The van der Waals surface area contributed by atoms with Crippen molar-refractivity contribution in [3.8, 4) is 5.75 Å². The molecule has 3 aromatic carbocycles. The van der Waals surface area contributed by atoms with Crippen LogP contribution in [0.4, 0.5) is 11.4 Å². The first-order chi connectivity index (χ1) is 23.4. The van der Waals surface area contributed by atoms with Crippen LogP contribution < -0.4 is 20.3 Å². The fourth-order valence-electron chi connectivity index (χ4n) is 6.10. The third-order valence-electron chi connectivity index (χ3n) is 8.75. The summed E-state index contributed by atoms with van der Waals surface area (Å²) >= 11 is 1.39. The Morgan fingerprint density at radius 2 is 1.73 bits per heavy atom. The zero-order valence-electron chi connectivity index (χ0n) is 28.7. The Morgan fingerprint density at radius 1 is 1.06 bits per heavy atom. The number of unbranched alkanes of at least 4 members (excludes halogenated alkanes) is 1. The van der Waals surface area contributed by atoms with E-state index in [9.17, 15) is 22.6 Å². The maximum atomic E-state index is 14.2. The van der Waals surface area contributed by atoms with Crippen molar-refractivity contribution in [3.05, 3.63) is 78.4 Å². The van der Waals surface area contributed by atoms with Gasteiger partial charge in [0.15, 0.2) is 16.4 Å². The van der Waals surface area contributed by atoms with E-state index in [2.05, 4.69) is 29.4 Å². The lowest BCUT2D eigenvalue weighted by molar-refractivity contribution is -0.133. The highest BCUT2D eigenvalue weighted by Crippen LogP contribution is 2.47. The molecule has 0 fully saturated rings. The van der Waals surface area contributed by atoms with E-state index in [-0.39, 0.29) is 23.0 Å². The third kappa shape index (κ3) is 9.42. The Hall–Kier alpha value is -3.44. The molecule has 3 aromatic rings. The van der Waals surface area contributed by atoms with Crippen LogP contribution >= 0.6 is 20.2 Å². The van der Waals surface area contributed by atoms with Crippen LogP contribution in [-0.2, 0) is 28.7 Å². The van der Waals surface area contributed by atoms with Crippen molar-refractivity contribution in [3.63, 3.8) is 0 Å². The molecule has 1 aliphatic rings. The number of hydrogen-bond donors (Lipinski definition) is 2. The summed E-state index contributed by atoms with van der Waals surface area (Å²) in [5.74, 6) is -0.974. The molecule has 3 atom stereocenters. The van der Waals surface area contributed by atoms with Crippen LogP contribution in [0, 0.1) is 5.41 Å². The van der Waals surface area contributed by atoms with Crippen LogP contribution in [-0.4, -0.2) is 57.5 Å². The number of carbonyl (C=O) groups excluding carboxylic acids is 2. The lowest BCUT2D eigenvalue weighted by Gasteiger charge is -2.36. The number of thioether (sulfide) groups is 1. The molecule has 2 N–H and O–H groups in total. The normalized spacial score (nSPS) is 18.8. The van der Waals surface area contributed by atoms with Crippen LogP contribution in [0.5, 0.6) is 5.75 Å². The molecular weight excluding hydrogens is 682 g/mol. The second-order valence-corrected chi connectivity index (χ2v) is 16.1. The summed E-state index contributed by atoms with van der Waals surface area (Å²) in [5, 5.41) is 5.33. The summed E-state index contributed by atoms with van der Waals surface area (Å²) in [6.45, 7) is 7.63. The highest BCUT2D eigenvalue weighted by molar-refractivity contribution is 7.98. The van der Waals surface area contributed by atoms with Gasteiger partial charge in [-0.25, -0.2) is 8.42 Å². The molecule has 0 aliphatic carbocycles. The zero-order chi connectivity index (χ0) is 35.7. The lowest BCUT2D eigenvalue weighted by atomic mass is 9.81. The quantitative estimate of drug-likeness (QED) is 0.0889. The number of nitrogens with one attached hydrogen (secondary N) is 2. The molecule has 4 rings (SSSR count). The highest BCUT2D eigenvalue weighted by Gasteiger charge is 2.42. The summed E-state index contributed by atoms with van der Waals surface area (Å²) in [6.07, 6.45) is 5.24. The van der Waals surface area contributed by atoms with Crippen molar-refractivity contribution in [2.24, 2.45) is 5.41 Å². The number of benzene rings is 3. The molecule has 49 heavy (non-hydrogen) atoms. The van der Waals surface area contributed by atoms with E-state index in [0.717, 1.165) is 24.9 Å². The first kappa shape index (κ1) is 38.4. The number of carbonyl (C=O) groups is 2. The molecule has 2 amide bonds. The number of fused-ring (bicyclic) bond motifs is 1. The monoisotopic (exact) mass is 727 g/mol. The zero-order valence-corrected chi connectivity index (χ0v) is 31.3. The van der Waals surface area contributed by atoms with E-state index >= 15 is 0 Å². The van der Waals surface area contributed by atoms with Crippen molar-refractivity contribution >= 4 is 53.2 Å². The van der Waals surface area contributed by atoms with Crippen molar-refractivity contribution in [1.29, 1.82) is 0 Å². The van der Waals surface area contributed by atoms with Crippen molar-refractivity contribution in [2.75, 3.05) is 36.7 Å². The topological polar surface area (TPSA) is 131 Å². The molecule has 10 nitrogen and oxygen atoms in total. The van der Waals surface area contributed by atoms with Gasteiger partial charge in [-0.1, -0.05) is 75.2 Å². The summed E-state index contributed by atoms with van der Waals surface area (Å²) in [7, 11) is -4.22. The smallest absolute Gasteiger partial charge is 0.258 e. The molecule has 0 aromatic heterocycles. The summed E-state index contributed by atoms with van der Waals surface area (Å²) in [4.78, 5) is 29.7. The maximum Gasteiger partial charge on any atom is 0.258 e. The number of rotatable bonds is 16. The van der Waals surface area contributed by atoms with Crippen LogP contribution in [0.15, 0.2) is 82.6 Å². The van der Waals surface area contributed by atoms with E-state index in [4.69, 9.17) is 9.47 Å². The van der Waals surface area contributed by atoms with Gasteiger partial charge in [-0.3, -0.25) is 14.2 Å². The largest absolute Gasteiger partial charge is 0.483 e. The van der Waals surface area contributed by atoms with Crippen LogP contribution in [0.25, 0.3) is 0 Å². The molecule has 0 saturated carbocycles. The highest BCUT2D eigenvalue weighted by atomic mass is 32.2. The number of para-hydroxylation sites is 1. The Labute approximate surface area is 295 Å². The number of nitrogens with zero attached hydrogens (tertiary/aromatic N) is 1. The average Bonchev–Trinajstić information content (AvgIpc) is 3.20. The van der Waals surface area contributed by atoms with Gasteiger partial charge in [0.1, 0.15) is 11.8 Å². The average molecular weight is 728 g/mol. The van der Waals surface area contributed by atoms with Gasteiger partial charge in [0.05, 0.1) is 21.2 Å². The molecule has 1 heterocycles.